The molecule has 2 N–H and O–H groups in total. The molecule has 1 heterocycles. The Morgan fingerprint density at radius 3 is 2.59 bits per heavy atom. The van der Waals surface area contributed by atoms with Crippen molar-refractivity contribution in [3.63, 3.8) is 0 Å². The number of nitrogens with zero attached hydrogens (tertiary/aromatic N) is 3. The Morgan fingerprint density at radius 2 is 1.90 bits per heavy atom. The normalized spacial score (nSPS) is 18.0. The number of ether oxygens (including phenoxy) is 1. The highest BCUT2D eigenvalue weighted by atomic mass is 16.5. The van der Waals surface area contributed by atoms with E-state index in [-0.39, 0.29) is 6.04 Å². The van der Waals surface area contributed by atoms with Crippen molar-refractivity contribution in [1.29, 1.82) is 0 Å². The molecule has 0 radical (unpaired) electrons. The Hall–Kier alpha value is -2.73. The third-order valence-corrected chi connectivity index (χ3v) is 5.46. The SMILES string of the molecule is CN=C(NCC(c1ccccc1OC)N(C)C)NC1CCN(c2ccccc2)C1. The topological polar surface area (TPSA) is 52.1 Å². The van der Waals surface area contributed by atoms with Gasteiger partial charge in [0.15, 0.2) is 5.96 Å². The summed E-state index contributed by atoms with van der Waals surface area (Å²) in [5, 5.41) is 7.09. The van der Waals surface area contributed by atoms with E-state index in [0.717, 1.165) is 37.8 Å². The second-order valence-corrected chi connectivity index (χ2v) is 7.59. The molecule has 0 saturated carbocycles. The minimum atomic E-state index is 0.175. The highest BCUT2D eigenvalue weighted by molar-refractivity contribution is 5.80. The lowest BCUT2D eigenvalue weighted by Gasteiger charge is -2.28. The van der Waals surface area contributed by atoms with Crippen LogP contribution in [0.4, 0.5) is 5.69 Å². The molecule has 29 heavy (non-hydrogen) atoms. The van der Waals surface area contributed by atoms with Crippen molar-refractivity contribution in [2.24, 2.45) is 4.99 Å². The summed E-state index contributed by atoms with van der Waals surface area (Å²) in [6.45, 7) is 2.77. The Bertz CT molecular complexity index is 793. The summed E-state index contributed by atoms with van der Waals surface area (Å²) < 4.78 is 5.57. The highest BCUT2D eigenvalue weighted by Crippen LogP contribution is 2.27. The van der Waals surface area contributed by atoms with E-state index in [0.29, 0.717) is 6.04 Å². The van der Waals surface area contributed by atoms with E-state index in [9.17, 15) is 0 Å². The molecule has 1 saturated heterocycles. The summed E-state index contributed by atoms with van der Waals surface area (Å²) in [5.74, 6) is 1.75. The van der Waals surface area contributed by atoms with Crippen LogP contribution in [0.3, 0.4) is 0 Å². The van der Waals surface area contributed by atoms with Gasteiger partial charge in [-0.2, -0.15) is 0 Å². The molecule has 1 aliphatic rings. The number of nitrogens with one attached hydrogen (secondary N) is 2. The van der Waals surface area contributed by atoms with Crippen LogP contribution in [0.15, 0.2) is 59.6 Å². The fourth-order valence-electron chi connectivity index (χ4n) is 3.85. The predicted molar refractivity (Wildman–Crippen MR) is 121 cm³/mol. The van der Waals surface area contributed by atoms with Crippen molar-refractivity contribution < 1.29 is 4.74 Å². The maximum atomic E-state index is 5.57. The zero-order valence-corrected chi connectivity index (χ0v) is 17.9. The lowest BCUT2D eigenvalue weighted by molar-refractivity contribution is 0.287. The average Bonchev–Trinajstić information content (AvgIpc) is 3.22. The maximum Gasteiger partial charge on any atom is 0.191 e. The fourth-order valence-corrected chi connectivity index (χ4v) is 3.85. The lowest BCUT2D eigenvalue weighted by atomic mass is 10.0. The van der Waals surface area contributed by atoms with Gasteiger partial charge in [-0.15, -0.1) is 0 Å². The van der Waals surface area contributed by atoms with Crippen LogP contribution in [-0.2, 0) is 0 Å². The molecule has 2 atom stereocenters. The smallest absolute Gasteiger partial charge is 0.191 e. The van der Waals surface area contributed by atoms with Gasteiger partial charge in [0.05, 0.1) is 13.2 Å². The van der Waals surface area contributed by atoms with Crippen molar-refractivity contribution in [3.8, 4) is 5.75 Å². The Morgan fingerprint density at radius 1 is 1.17 bits per heavy atom. The van der Waals surface area contributed by atoms with Crippen molar-refractivity contribution in [3.05, 3.63) is 60.2 Å². The molecule has 2 unspecified atom stereocenters. The van der Waals surface area contributed by atoms with E-state index < -0.39 is 0 Å². The first-order valence-electron chi connectivity index (χ1n) is 10.2. The van der Waals surface area contributed by atoms with Gasteiger partial charge >= 0.3 is 0 Å². The fraction of sp³-hybridized carbons (Fsp3) is 0.435. The molecule has 0 amide bonds. The van der Waals surface area contributed by atoms with Gasteiger partial charge in [0.1, 0.15) is 5.75 Å². The van der Waals surface area contributed by atoms with Crippen LogP contribution in [0, 0.1) is 0 Å². The van der Waals surface area contributed by atoms with Gasteiger partial charge in [0.25, 0.3) is 0 Å². The first-order valence-corrected chi connectivity index (χ1v) is 10.2. The number of anilines is 1. The number of methoxy groups -OCH3 is 1. The minimum absolute atomic E-state index is 0.175. The van der Waals surface area contributed by atoms with Crippen molar-refractivity contribution in [2.75, 3.05) is 52.8 Å². The number of likely N-dealkylation sites (N-methyl/N-ethyl adjacent to an activating group) is 1. The van der Waals surface area contributed by atoms with Crippen LogP contribution < -0.4 is 20.3 Å². The summed E-state index contributed by atoms with van der Waals surface area (Å²) in [6.07, 6.45) is 1.10. The van der Waals surface area contributed by atoms with E-state index in [2.05, 4.69) is 82.0 Å². The molecule has 0 bridgehead atoms. The zero-order chi connectivity index (χ0) is 20.6. The number of hydrogen-bond acceptors (Lipinski definition) is 4. The molecule has 0 spiro atoms. The van der Waals surface area contributed by atoms with Crippen molar-refractivity contribution >= 4 is 11.6 Å². The molecule has 156 valence electrons. The zero-order valence-electron chi connectivity index (χ0n) is 17.9. The number of aliphatic imine (C=N–C) groups is 1. The molecule has 2 aromatic rings. The van der Waals surface area contributed by atoms with Gasteiger partial charge in [-0.25, -0.2) is 0 Å². The molecule has 2 aromatic carbocycles. The van der Waals surface area contributed by atoms with E-state index >= 15 is 0 Å². The van der Waals surface area contributed by atoms with E-state index in [1.54, 1.807) is 7.11 Å². The number of rotatable bonds is 7. The van der Waals surface area contributed by atoms with Crippen LogP contribution in [0.5, 0.6) is 5.75 Å². The Labute approximate surface area is 174 Å². The summed E-state index contributed by atoms with van der Waals surface area (Å²) in [5.41, 5.74) is 2.45. The van der Waals surface area contributed by atoms with Gasteiger partial charge in [-0.05, 0) is 38.7 Å². The highest BCUT2D eigenvalue weighted by Gasteiger charge is 2.24. The Kier molecular flexibility index (Phi) is 7.36. The van der Waals surface area contributed by atoms with Crippen LogP contribution in [0.1, 0.15) is 18.0 Å². The van der Waals surface area contributed by atoms with E-state index in [1.807, 2.05) is 19.2 Å². The molecular formula is C23H33N5O. The molecule has 1 fully saturated rings. The van der Waals surface area contributed by atoms with E-state index in [4.69, 9.17) is 4.74 Å². The van der Waals surface area contributed by atoms with Crippen LogP contribution >= 0.6 is 0 Å². The van der Waals surface area contributed by atoms with Crippen LogP contribution in [0.2, 0.25) is 0 Å². The standard InChI is InChI=1S/C23H33N5O/c1-24-23(26-18-14-15-28(17-18)19-10-6-5-7-11-19)25-16-21(27(2)3)20-12-8-9-13-22(20)29-4/h5-13,18,21H,14-17H2,1-4H3,(H2,24,25,26). The minimum Gasteiger partial charge on any atom is -0.496 e. The van der Waals surface area contributed by atoms with Gasteiger partial charge < -0.3 is 25.2 Å². The summed E-state index contributed by atoms with van der Waals surface area (Å²) in [6, 6.07) is 19.3. The molecule has 6 heteroatoms. The van der Waals surface area contributed by atoms with Gasteiger partial charge in [0.2, 0.25) is 0 Å². The Balaban J connectivity index is 1.58. The molecule has 0 aliphatic carbocycles. The lowest BCUT2D eigenvalue weighted by Crippen LogP contribution is -2.46. The van der Waals surface area contributed by atoms with Crippen LogP contribution in [-0.4, -0.2) is 64.8 Å². The quantitative estimate of drug-likeness (QED) is 0.558. The summed E-state index contributed by atoms with van der Waals surface area (Å²) in [4.78, 5) is 9.06. The van der Waals surface area contributed by atoms with Gasteiger partial charge in [-0.1, -0.05) is 36.4 Å². The molecule has 3 rings (SSSR count). The molecule has 1 aliphatic heterocycles. The third kappa shape index (κ3) is 5.41. The summed E-state index contributed by atoms with van der Waals surface area (Å²) >= 11 is 0. The number of guanidine groups is 1. The maximum absolute atomic E-state index is 5.57. The monoisotopic (exact) mass is 395 g/mol. The van der Waals surface area contributed by atoms with Crippen molar-refractivity contribution in [2.45, 2.75) is 18.5 Å². The second kappa shape index (κ2) is 10.2. The number of hydrogen-bond donors (Lipinski definition) is 2. The van der Waals surface area contributed by atoms with Crippen LogP contribution in [0.25, 0.3) is 0 Å². The van der Waals surface area contributed by atoms with Crippen molar-refractivity contribution in [1.82, 2.24) is 15.5 Å². The molecular weight excluding hydrogens is 362 g/mol. The van der Waals surface area contributed by atoms with E-state index in [1.165, 1.54) is 11.3 Å². The predicted octanol–water partition coefficient (Wildman–Crippen LogP) is 2.74. The second-order valence-electron chi connectivity index (χ2n) is 7.59. The first kappa shape index (κ1) is 21.0. The molecule has 0 aromatic heterocycles. The van der Waals surface area contributed by atoms with Gasteiger partial charge in [-0.3, -0.25) is 4.99 Å². The number of para-hydroxylation sites is 2. The number of benzene rings is 2. The first-order chi connectivity index (χ1) is 14.1. The average molecular weight is 396 g/mol. The van der Waals surface area contributed by atoms with Gasteiger partial charge in [0, 0.05) is 44.0 Å². The summed E-state index contributed by atoms with van der Waals surface area (Å²) in [7, 11) is 7.72. The molecule has 6 nitrogen and oxygen atoms in total. The third-order valence-electron chi connectivity index (χ3n) is 5.46. The largest absolute Gasteiger partial charge is 0.496 e.